The topological polar surface area (TPSA) is 69.9 Å². The van der Waals surface area contributed by atoms with Crippen LogP contribution in [-0.2, 0) is 4.74 Å². The summed E-state index contributed by atoms with van der Waals surface area (Å²) in [6, 6.07) is 0. The summed E-state index contributed by atoms with van der Waals surface area (Å²) in [7, 11) is 0. The molecule has 1 heterocycles. The third-order valence-electron chi connectivity index (χ3n) is 3.85. The van der Waals surface area contributed by atoms with E-state index in [1.165, 1.54) is 38.5 Å². The number of aliphatic hydroxyl groups excluding tert-OH is 3. The van der Waals surface area contributed by atoms with Gasteiger partial charge in [0.15, 0.2) is 0 Å². The van der Waals surface area contributed by atoms with Gasteiger partial charge < -0.3 is 20.1 Å². The van der Waals surface area contributed by atoms with Crippen LogP contribution < -0.4 is 0 Å². The van der Waals surface area contributed by atoms with E-state index in [1.807, 2.05) is 0 Å². The van der Waals surface area contributed by atoms with Crippen LogP contribution in [0.15, 0.2) is 11.8 Å². The molecule has 1 aliphatic heterocycles. The largest absolute Gasteiger partial charge is 0.490 e. The summed E-state index contributed by atoms with van der Waals surface area (Å²) in [5, 5.41) is 28.3. The Bertz CT molecular complexity index is 278. The Labute approximate surface area is 122 Å². The van der Waals surface area contributed by atoms with Crippen molar-refractivity contribution in [2.45, 2.75) is 83.0 Å². The maximum atomic E-state index is 9.66. The minimum atomic E-state index is -1.03. The molecule has 0 aliphatic carbocycles. The third kappa shape index (κ3) is 6.25. The van der Waals surface area contributed by atoms with Crippen LogP contribution in [0.25, 0.3) is 0 Å². The van der Waals surface area contributed by atoms with Gasteiger partial charge in [-0.2, -0.15) is 0 Å². The van der Waals surface area contributed by atoms with Crippen LogP contribution in [0, 0.1) is 0 Å². The molecular weight excluding hydrogens is 256 g/mol. The van der Waals surface area contributed by atoms with E-state index in [4.69, 9.17) is 9.84 Å². The molecule has 1 rings (SSSR count). The number of unbranched alkanes of at least 4 members (excludes halogenated alkanes) is 7. The predicted octanol–water partition coefficient (Wildman–Crippen LogP) is 2.51. The highest BCUT2D eigenvalue weighted by atomic mass is 16.5. The number of allylic oxidation sites excluding steroid dienone is 1. The zero-order chi connectivity index (χ0) is 14.8. The quantitative estimate of drug-likeness (QED) is 0.540. The highest BCUT2D eigenvalue weighted by Crippen LogP contribution is 2.22. The van der Waals surface area contributed by atoms with Gasteiger partial charge in [-0.1, -0.05) is 51.9 Å². The molecule has 0 fully saturated rings. The Balaban J connectivity index is 2.11. The summed E-state index contributed by atoms with van der Waals surface area (Å²) in [4.78, 5) is 0. The molecule has 118 valence electrons. The summed E-state index contributed by atoms with van der Waals surface area (Å²) in [6.45, 7) is 1.95. The number of ether oxygens (including phenoxy) is 1. The average molecular weight is 286 g/mol. The van der Waals surface area contributed by atoms with E-state index in [-0.39, 0.29) is 6.61 Å². The molecule has 3 N–H and O–H groups in total. The summed E-state index contributed by atoms with van der Waals surface area (Å²) in [5.74, 6) is 0.702. The van der Waals surface area contributed by atoms with Crippen molar-refractivity contribution in [2.75, 3.05) is 6.61 Å². The third-order valence-corrected chi connectivity index (χ3v) is 3.85. The summed E-state index contributed by atoms with van der Waals surface area (Å²) < 4.78 is 5.48. The fourth-order valence-electron chi connectivity index (χ4n) is 2.53. The highest BCUT2D eigenvalue weighted by Gasteiger charge is 2.31. The van der Waals surface area contributed by atoms with E-state index < -0.39 is 18.3 Å². The lowest BCUT2D eigenvalue weighted by Crippen LogP contribution is -2.43. The second-order valence-electron chi connectivity index (χ2n) is 5.68. The monoisotopic (exact) mass is 286 g/mol. The maximum absolute atomic E-state index is 9.66. The van der Waals surface area contributed by atoms with E-state index in [1.54, 1.807) is 6.08 Å². The molecular formula is C16H30O4. The van der Waals surface area contributed by atoms with Crippen molar-refractivity contribution >= 4 is 0 Å². The van der Waals surface area contributed by atoms with Crippen molar-refractivity contribution in [3.63, 3.8) is 0 Å². The molecule has 0 unspecified atom stereocenters. The lowest BCUT2D eigenvalue weighted by Gasteiger charge is -2.31. The molecule has 20 heavy (non-hydrogen) atoms. The molecule has 0 aromatic rings. The van der Waals surface area contributed by atoms with E-state index >= 15 is 0 Å². The fourth-order valence-corrected chi connectivity index (χ4v) is 2.53. The van der Waals surface area contributed by atoms with Gasteiger partial charge in [0.2, 0.25) is 0 Å². The van der Waals surface area contributed by atoms with Crippen molar-refractivity contribution in [3.8, 4) is 0 Å². The van der Waals surface area contributed by atoms with E-state index in [0.717, 1.165) is 19.3 Å². The van der Waals surface area contributed by atoms with Crippen LogP contribution in [-0.4, -0.2) is 40.2 Å². The van der Waals surface area contributed by atoms with Gasteiger partial charge >= 0.3 is 0 Å². The predicted molar refractivity (Wildman–Crippen MR) is 79.3 cm³/mol. The molecule has 0 spiro atoms. The van der Waals surface area contributed by atoms with Crippen molar-refractivity contribution in [1.29, 1.82) is 0 Å². The molecule has 0 saturated carbocycles. The number of hydrogen-bond acceptors (Lipinski definition) is 4. The SMILES string of the molecule is CCCCCCCCCCC1=C[C@@H](O)[C@H](O)[C@@H](CO)O1. The van der Waals surface area contributed by atoms with Gasteiger partial charge in [0, 0.05) is 6.42 Å². The van der Waals surface area contributed by atoms with Crippen LogP contribution in [0.2, 0.25) is 0 Å². The first-order valence-electron chi connectivity index (χ1n) is 8.03. The van der Waals surface area contributed by atoms with Crippen molar-refractivity contribution in [3.05, 3.63) is 11.8 Å². The minimum Gasteiger partial charge on any atom is -0.490 e. The summed E-state index contributed by atoms with van der Waals surface area (Å²) in [6.07, 6.45) is 9.70. The molecule has 0 bridgehead atoms. The Morgan fingerprint density at radius 3 is 2.20 bits per heavy atom. The summed E-state index contributed by atoms with van der Waals surface area (Å²) >= 11 is 0. The first kappa shape index (κ1) is 17.5. The van der Waals surface area contributed by atoms with Gasteiger partial charge in [-0.25, -0.2) is 0 Å². The number of hydrogen-bond donors (Lipinski definition) is 3. The number of rotatable bonds is 10. The van der Waals surface area contributed by atoms with Gasteiger partial charge in [0.05, 0.1) is 12.4 Å². The van der Waals surface area contributed by atoms with E-state index in [9.17, 15) is 10.2 Å². The van der Waals surface area contributed by atoms with E-state index in [2.05, 4.69) is 6.92 Å². The van der Waals surface area contributed by atoms with Crippen molar-refractivity contribution in [1.82, 2.24) is 0 Å². The Hall–Kier alpha value is -0.580. The highest BCUT2D eigenvalue weighted by molar-refractivity contribution is 5.06. The average Bonchev–Trinajstić information content (AvgIpc) is 2.45. The van der Waals surface area contributed by atoms with Gasteiger partial charge in [-0.05, 0) is 12.5 Å². The standard InChI is InChI=1S/C16H30O4/c1-2-3-4-5-6-7-8-9-10-13-11-14(18)16(19)15(12-17)20-13/h11,14-19H,2-10,12H2,1H3/t14-,15-,16+/m1/s1. The second kappa shape index (κ2) is 10.2. The van der Waals surface area contributed by atoms with Gasteiger partial charge in [0.1, 0.15) is 18.3 Å². The molecule has 0 saturated heterocycles. The second-order valence-corrected chi connectivity index (χ2v) is 5.68. The van der Waals surface area contributed by atoms with Crippen LogP contribution in [0.1, 0.15) is 64.7 Å². The molecule has 4 nitrogen and oxygen atoms in total. The number of aliphatic hydroxyl groups is 3. The van der Waals surface area contributed by atoms with Crippen LogP contribution in [0.3, 0.4) is 0 Å². The zero-order valence-corrected chi connectivity index (χ0v) is 12.6. The Morgan fingerprint density at radius 2 is 1.60 bits per heavy atom. The van der Waals surface area contributed by atoms with Crippen molar-refractivity contribution < 1.29 is 20.1 Å². The minimum absolute atomic E-state index is 0.271. The van der Waals surface area contributed by atoms with E-state index in [0.29, 0.717) is 5.76 Å². The maximum Gasteiger partial charge on any atom is 0.150 e. The van der Waals surface area contributed by atoms with Gasteiger partial charge in [-0.15, -0.1) is 0 Å². The molecule has 3 atom stereocenters. The van der Waals surface area contributed by atoms with Crippen LogP contribution >= 0.6 is 0 Å². The molecule has 4 heteroatoms. The van der Waals surface area contributed by atoms with Gasteiger partial charge in [0.25, 0.3) is 0 Å². The molecule has 0 amide bonds. The van der Waals surface area contributed by atoms with Crippen LogP contribution in [0.4, 0.5) is 0 Å². The molecule has 1 aliphatic rings. The summed E-state index contributed by atoms with van der Waals surface area (Å²) in [5.41, 5.74) is 0. The first-order chi connectivity index (χ1) is 9.69. The zero-order valence-electron chi connectivity index (χ0n) is 12.6. The Kier molecular flexibility index (Phi) is 8.90. The molecule has 0 aromatic heterocycles. The normalized spacial score (nSPS) is 26.2. The molecule has 0 radical (unpaired) electrons. The molecule has 0 aromatic carbocycles. The smallest absolute Gasteiger partial charge is 0.150 e. The lowest BCUT2D eigenvalue weighted by molar-refractivity contribution is -0.0927. The fraction of sp³-hybridized carbons (Fsp3) is 0.875. The first-order valence-corrected chi connectivity index (χ1v) is 8.03. The van der Waals surface area contributed by atoms with Crippen LogP contribution in [0.5, 0.6) is 0 Å². The van der Waals surface area contributed by atoms with Gasteiger partial charge in [-0.3, -0.25) is 0 Å². The lowest BCUT2D eigenvalue weighted by atomic mass is 10.0. The van der Waals surface area contributed by atoms with Crippen molar-refractivity contribution in [2.24, 2.45) is 0 Å². The Morgan fingerprint density at radius 1 is 1.00 bits per heavy atom.